The second kappa shape index (κ2) is 8.62. The number of rotatable bonds is 8. The van der Waals surface area contributed by atoms with Crippen molar-refractivity contribution in [2.75, 3.05) is 13.2 Å². The number of carbonyl (C=O) groups is 1. The lowest BCUT2D eigenvalue weighted by Crippen LogP contribution is -2.41. The van der Waals surface area contributed by atoms with Gasteiger partial charge in [-0.15, -0.1) is 0 Å². The third-order valence-corrected chi connectivity index (χ3v) is 6.27. The van der Waals surface area contributed by atoms with E-state index in [-0.39, 0.29) is 4.90 Å². The lowest BCUT2D eigenvalue weighted by molar-refractivity contribution is -0.147. The van der Waals surface area contributed by atoms with Crippen LogP contribution in [0.2, 0.25) is 0 Å². The second-order valence-electron chi connectivity index (χ2n) is 6.31. The normalized spacial score (nSPS) is 18.7. The number of hydrogen-bond acceptors (Lipinski definition) is 4. The predicted molar refractivity (Wildman–Crippen MR) is 93.2 cm³/mol. The van der Waals surface area contributed by atoms with Gasteiger partial charge < -0.3 is 4.74 Å². The molecule has 0 aromatic heterocycles. The first kappa shape index (κ1) is 18.9. The van der Waals surface area contributed by atoms with E-state index in [1.807, 2.05) is 6.92 Å². The lowest BCUT2D eigenvalue weighted by Gasteiger charge is -2.22. The molecule has 0 saturated carbocycles. The fourth-order valence-electron chi connectivity index (χ4n) is 2.91. The highest BCUT2D eigenvalue weighted by atomic mass is 32.2. The van der Waals surface area contributed by atoms with Crippen molar-refractivity contribution in [3.05, 3.63) is 29.8 Å². The van der Waals surface area contributed by atoms with Crippen molar-refractivity contribution in [3.63, 3.8) is 0 Å². The smallest absolute Gasteiger partial charge is 0.324 e. The molecule has 1 aromatic rings. The van der Waals surface area contributed by atoms with Crippen LogP contribution in [0.25, 0.3) is 0 Å². The molecule has 1 fully saturated rings. The van der Waals surface area contributed by atoms with E-state index >= 15 is 0 Å². The maximum atomic E-state index is 12.8. The summed E-state index contributed by atoms with van der Waals surface area (Å²) in [6, 6.07) is 6.03. The summed E-state index contributed by atoms with van der Waals surface area (Å²) < 4.78 is 32.2. The molecule has 24 heavy (non-hydrogen) atoms. The molecular formula is C18H27NO4S. The van der Waals surface area contributed by atoms with Crippen LogP contribution in [0.15, 0.2) is 29.2 Å². The molecule has 1 aliphatic heterocycles. The van der Waals surface area contributed by atoms with E-state index < -0.39 is 22.0 Å². The zero-order valence-electron chi connectivity index (χ0n) is 14.5. The van der Waals surface area contributed by atoms with E-state index in [4.69, 9.17) is 4.74 Å². The Morgan fingerprint density at radius 1 is 1.21 bits per heavy atom. The summed E-state index contributed by atoms with van der Waals surface area (Å²) >= 11 is 0. The quantitative estimate of drug-likeness (QED) is 0.531. The van der Waals surface area contributed by atoms with Crippen LogP contribution in [-0.4, -0.2) is 37.9 Å². The van der Waals surface area contributed by atoms with E-state index in [2.05, 4.69) is 6.92 Å². The van der Waals surface area contributed by atoms with Crippen molar-refractivity contribution < 1.29 is 17.9 Å². The molecule has 1 heterocycles. The average molecular weight is 353 g/mol. The van der Waals surface area contributed by atoms with Crippen molar-refractivity contribution in [3.8, 4) is 0 Å². The molecule has 1 atom stereocenters. The molecule has 2 rings (SSSR count). The molecule has 0 N–H and O–H groups in total. The van der Waals surface area contributed by atoms with E-state index in [0.29, 0.717) is 26.0 Å². The number of nitrogens with zero attached hydrogens (tertiary/aromatic N) is 1. The van der Waals surface area contributed by atoms with Crippen LogP contribution in [0.5, 0.6) is 0 Å². The van der Waals surface area contributed by atoms with Gasteiger partial charge >= 0.3 is 5.97 Å². The van der Waals surface area contributed by atoms with Crippen LogP contribution in [0.4, 0.5) is 0 Å². The molecular weight excluding hydrogens is 326 g/mol. The monoisotopic (exact) mass is 353 g/mol. The SMILES string of the molecule is CCCCCCOC(=O)[C@@H]1CCCN1S(=O)(=O)c1ccc(C)cc1. The molecule has 0 unspecified atom stereocenters. The fraction of sp³-hybridized carbons (Fsp3) is 0.611. The second-order valence-corrected chi connectivity index (χ2v) is 8.21. The molecule has 1 saturated heterocycles. The Morgan fingerprint density at radius 3 is 2.58 bits per heavy atom. The van der Waals surface area contributed by atoms with E-state index in [0.717, 1.165) is 31.2 Å². The third-order valence-electron chi connectivity index (χ3n) is 4.35. The van der Waals surface area contributed by atoms with Gasteiger partial charge in [0, 0.05) is 6.54 Å². The summed E-state index contributed by atoms with van der Waals surface area (Å²) in [5.41, 5.74) is 0.999. The average Bonchev–Trinajstić information content (AvgIpc) is 3.05. The van der Waals surface area contributed by atoms with Gasteiger partial charge in [-0.2, -0.15) is 4.31 Å². The molecule has 0 amide bonds. The molecule has 1 aliphatic rings. The molecule has 0 spiro atoms. The lowest BCUT2D eigenvalue weighted by atomic mass is 10.2. The van der Waals surface area contributed by atoms with E-state index in [9.17, 15) is 13.2 Å². The molecule has 0 aliphatic carbocycles. The number of carbonyl (C=O) groups excluding carboxylic acids is 1. The number of aryl methyl sites for hydroxylation is 1. The van der Waals surface area contributed by atoms with Crippen LogP contribution in [0.3, 0.4) is 0 Å². The maximum Gasteiger partial charge on any atom is 0.324 e. The van der Waals surface area contributed by atoms with Gasteiger partial charge in [-0.3, -0.25) is 4.79 Å². The summed E-state index contributed by atoms with van der Waals surface area (Å²) in [6.07, 6.45) is 5.31. The van der Waals surface area contributed by atoms with E-state index in [1.165, 1.54) is 4.31 Å². The highest BCUT2D eigenvalue weighted by Crippen LogP contribution is 2.27. The minimum absolute atomic E-state index is 0.232. The largest absolute Gasteiger partial charge is 0.464 e. The number of esters is 1. The highest BCUT2D eigenvalue weighted by molar-refractivity contribution is 7.89. The van der Waals surface area contributed by atoms with Crippen molar-refractivity contribution in [2.24, 2.45) is 0 Å². The van der Waals surface area contributed by atoms with Crippen molar-refractivity contribution in [1.29, 1.82) is 0 Å². The summed E-state index contributed by atoms with van der Waals surface area (Å²) in [7, 11) is -3.66. The zero-order valence-corrected chi connectivity index (χ0v) is 15.3. The van der Waals surface area contributed by atoms with Crippen molar-refractivity contribution >= 4 is 16.0 Å². The first-order valence-corrected chi connectivity index (χ1v) is 10.2. The molecule has 0 bridgehead atoms. The van der Waals surface area contributed by atoms with Gasteiger partial charge in [0.05, 0.1) is 11.5 Å². The number of sulfonamides is 1. The predicted octanol–water partition coefficient (Wildman–Crippen LogP) is 3.27. The highest BCUT2D eigenvalue weighted by Gasteiger charge is 2.40. The zero-order chi connectivity index (χ0) is 17.6. The van der Waals surface area contributed by atoms with E-state index in [1.54, 1.807) is 24.3 Å². The summed E-state index contributed by atoms with van der Waals surface area (Å²) in [6.45, 7) is 4.77. The Morgan fingerprint density at radius 2 is 1.92 bits per heavy atom. The van der Waals surface area contributed by atoms with Crippen molar-refractivity contribution in [1.82, 2.24) is 4.31 Å². The Kier molecular flexibility index (Phi) is 6.80. The Labute approximate surface area is 145 Å². The topological polar surface area (TPSA) is 63.7 Å². The van der Waals surface area contributed by atoms with Crippen molar-refractivity contribution in [2.45, 2.75) is 63.3 Å². The number of ether oxygens (including phenoxy) is 1. The molecule has 134 valence electrons. The number of hydrogen-bond donors (Lipinski definition) is 0. The van der Waals surface area contributed by atoms with Crippen LogP contribution >= 0.6 is 0 Å². The van der Waals surface area contributed by atoms with Gasteiger partial charge in [0.25, 0.3) is 0 Å². The van der Waals surface area contributed by atoms with Gasteiger partial charge in [0.15, 0.2) is 0 Å². The Bertz CT molecular complexity index is 639. The molecule has 1 aromatic carbocycles. The van der Waals surface area contributed by atoms with Crippen LogP contribution < -0.4 is 0 Å². The van der Waals surface area contributed by atoms with Crippen LogP contribution in [0.1, 0.15) is 51.0 Å². The maximum absolute atomic E-state index is 12.8. The van der Waals surface area contributed by atoms with Gasteiger partial charge in [0.1, 0.15) is 6.04 Å². The third kappa shape index (κ3) is 4.57. The molecule has 5 nitrogen and oxygen atoms in total. The minimum atomic E-state index is -3.66. The first-order chi connectivity index (χ1) is 11.5. The van der Waals surface area contributed by atoms with Gasteiger partial charge in [0.2, 0.25) is 10.0 Å². The summed E-state index contributed by atoms with van der Waals surface area (Å²) in [4.78, 5) is 12.5. The van der Waals surface area contributed by atoms with Crippen LogP contribution in [-0.2, 0) is 19.6 Å². The van der Waals surface area contributed by atoms with Gasteiger partial charge in [-0.25, -0.2) is 8.42 Å². The molecule has 6 heteroatoms. The first-order valence-electron chi connectivity index (χ1n) is 8.72. The van der Waals surface area contributed by atoms with Crippen LogP contribution in [0, 0.1) is 6.92 Å². The number of unbranched alkanes of at least 4 members (excludes halogenated alkanes) is 3. The summed E-state index contributed by atoms with van der Waals surface area (Å²) in [5.74, 6) is -0.417. The van der Waals surface area contributed by atoms with Gasteiger partial charge in [-0.05, 0) is 38.3 Å². The van der Waals surface area contributed by atoms with Gasteiger partial charge in [-0.1, -0.05) is 43.9 Å². The number of benzene rings is 1. The Balaban J connectivity index is 2.01. The summed E-state index contributed by atoms with van der Waals surface area (Å²) in [5, 5.41) is 0. The Hall–Kier alpha value is -1.40. The standard InChI is InChI=1S/C18H27NO4S/c1-3-4-5-6-14-23-18(20)17-8-7-13-19(17)24(21,22)16-11-9-15(2)10-12-16/h9-12,17H,3-8,13-14H2,1-2H3/t17-/m0/s1. The molecule has 0 radical (unpaired) electrons. The minimum Gasteiger partial charge on any atom is -0.464 e. The fourth-order valence-corrected chi connectivity index (χ4v) is 4.55.